The van der Waals surface area contributed by atoms with Gasteiger partial charge in [-0.3, -0.25) is 4.79 Å². The number of halogens is 2. The number of aromatic nitrogens is 2. The zero-order valence-corrected chi connectivity index (χ0v) is 20.6. The van der Waals surface area contributed by atoms with Crippen LogP contribution in [0.15, 0.2) is 60.7 Å². The van der Waals surface area contributed by atoms with Gasteiger partial charge in [0, 0.05) is 23.4 Å². The standard InChI is InChI=1S/C29H25F2N3O5/c30-19-9-18(19)29(36)32-17-7-5-15(6-8-17)14-1-3-16(4-2-14)26-20(31)10-21-22(34-26)11-25(33-21)39-24-13-38-27-23(35)12-37-28(24)27/h1-8,10-11,18-19,23-24,27-28,33,35H,9,12-13H2,(H,32,36)/t18-,19+,23-,24-,27?,28-/m1/s1. The number of aliphatic hydroxyl groups is 1. The van der Waals surface area contributed by atoms with Crippen molar-refractivity contribution in [2.24, 2.45) is 5.92 Å². The van der Waals surface area contributed by atoms with Crippen molar-refractivity contribution in [3.63, 3.8) is 0 Å². The van der Waals surface area contributed by atoms with Gasteiger partial charge in [0.1, 0.15) is 30.2 Å². The number of nitrogens with zero attached hydrogens (tertiary/aromatic N) is 1. The molecule has 3 fully saturated rings. The fourth-order valence-corrected chi connectivity index (χ4v) is 5.22. The minimum absolute atomic E-state index is 0.211. The van der Waals surface area contributed by atoms with Crippen LogP contribution in [0.3, 0.4) is 0 Å². The third-order valence-electron chi connectivity index (χ3n) is 7.48. The summed E-state index contributed by atoms with van der Waals surface area (Å²) in [5.41, 5.74) is 4.34. The Morgan fingerprint density at radius 2 is 1.67 bits per heavy atom. The van der Waals surface area contributed by atoms with Gasteiger partial charge in [-0.1, -0.05) is 36.4 Å². The van der Waals surface area contributed by atoms with Gasteiger partial charge in [0.25, 0.3) is 0 Å². The van der Waals surface area contributed by atoms with E-state index in [2.05, 4.69) is 15.3 Å². The molecule has 39 heavy (non-hydrogen) atoms. The number of amides is 1. The van der Waals surface area contributed by atoms with Crippen LogP contribution in [0.4, 0.5) is 14.5 Å². The Labute approximate surface area is 221 Å². The Morgan fingerprint density at radius 3 is 2.38 bits per heavy atom. The van der Waals surface area contributed by atoms with E-state index < -0.39 is 30.1 Å². The van der Waals surface area contributed by atoms with E-state index in [0.717, 1.165) is 11.1 Å². The predicted molar refractivity (Wildman–Crippen MR) is 138 cm³/mol. The summed E-state index contributed by atoms with van der Waals surface area (Å²) >= 11 is 0. The highest BCUT2D eigenvalue weighted by atomic mass is 19.1. The van der Waals surface area contributed by atoms with Crippen molar-refractivity contribution in [2.45, 2.75) is 37.0 Å². The molecule has 0 spiro atoms. The van der Waals surface area contributed by atoms with E-state index in [0.29, 0.717) is 34.8 Å². The summed E-state index contributed by atoms with van der Waals surface area (Å²) in [7, 11) is 0. The lowest BCUT2D eigenvalue weighted by Crippen LogP contribution is -2.34. The Balaban J connectivity index is 1.06. The quantitative estimate of drug-likeness (QED) is 0.343. The summed E-state index contributed by atoms with van der Waals surface area (Å²) in [5.74, 6) is -0.885. The van der Waals surface area contributed by atoms with Crippen LogP contribution >= 0.6 is 0 Å². The van der Waals surface area contributed by atoms with Crippen molar-refractivity contribution in [3.8, 4) is 28.3 Å². The first-order valence-corrected chi connectivity index (χ1v) is 12.9. The van der Waals surface area contributed by atoms with Crippen LogP contribution in [0.1, 0.15) is 6.42 Å². The molecule has 3 aliphatic rings. The SMILES string of the molecule is O=C(Nc1ccc(-c2ccc(-c3nc4cc(O[C@@H]5COC6[C@H](O)CO[C@@H]65)[nH]c4cc3F)cc2)cc1)[C@@H]1C[C@@H]1F. The molecular formula is C29H25F2N3O5. The van der Waals surface area contributed by atoms with E-state index in [1.165, 1.54) is 6.07 Å². The highest BCUT2D eigenvalue weighted by Crippen LogP contribution is 2.35. The van der Waals surface area contributed by atoms with Gasteiger partial charge < -0.3 is 29.6 Å². The summed E-state index contributed by atoms with van der Waals surface area (Å²) < 4.78 is 45.3. The van der Waals surface area contributed by atoms with Gasteiger partial charge in [-0.15, -0.1) is 0 Å². The molecule has 2 saturated heterocycles. The number of carbonyl (C=O) groups is 1. The number of H-pyrrole nitrogens is 1. The Bertz CT molecular complexity index is 1540. The first-order chi connectivity index (χ1) is 18.9. The van der Waals surface area contributed by atoms with Crippen LogP contribution in [-0.2, 0) is 14.3 Å². The molecule has 7 rings (SSSR count). The summed E-state index contributed by atoms with van der Waals surface area (Å²) in [5, 5.41) is 12.7. The van der Waals surface area contributed by atoms with Gasteiger partial charge in [0.2, 0.25) is 5.91 Å². The molecule has 2 aromatic carbocycles. The van der Waals surface area contributed by atoms with E-state index in [1.54, 1.807) is 30.3 Å². The van der Waals surface area contributed by atoms with Crippen molar-refractivity contribution in [3.05, 3.63) is 66.5 Å². The van der Waals surface area contributed by atoms with E-state index in [-0.39, 0.29) is 36.8 Å². The molecule has 0 radical (unpaired) electrons. The number of rotatable bonds is 6. The first-order valence-electron chi connectivity index (χ1n) is 12.9. The molecule has 1 amide bonds. The fraction of sp³-hybridized carbons (Fsp3) is 0.310. The molecule has 4 heterocycles. The number of benzene rings is 2. The second kappa shape index (κ2) is 9.41. The number of hydrogen-bond donors (Lipinski definition) is 3. The smallest absolute Gasteiger partial charge is 0.230 e. The van der Waals surface area contributed by atoms with Crippen molar-refractivity contribution in [2.75, 3.05) is 18.5 Å². The molecule has 0 bridgehead atoms. The summed E-state index contributed by atoms with van der Waals surface area (Å²) in [6, 6.07) is 17.8. The van der Waals surface area contributed by atoms with E-state index >= 15 is 4.39 Å². The maximum Gasteiger partial charge on any atom is 0.230 e. The monoisotopic (exact) mass is 533 g/mol. The molecule has 1 aliphatic carbocycles. The lowest BCUT2D eigenvalue weighted by Gasteiger charge is -2.16. The number of anilines is 1. The predicted octanol–water partition coefficient (Wildman–Crippen LogP) is 4.24. The topological polar surface area (TPSA) is 106 Å². The summed E-state index contributed by atoms with van der Waals surface area (Å²) in [4.78, 5) is 19.5. The maximum absolute atomic E-state index is 15.0. The Kier molecular flexibility index (Phi) is 5.84. The minimum Gasteiger partial charge on any atom is -0.470 e. The van der Waals surface area contributed by atoms with Crippen LogP contribution in [0.2, 0.25) is 0 Å². The van der Waals surface area contributed by atoms with Crippen molar-refractivity contribution < 1.29 is 32.9 Å². The van der Waals surface area contributed by atoms with E-state index in [9.17, 15) is 14.3 Å². The number of fused-ring (bicyclic) bond motifs is 2. The second-order valence-corrected chi connectivity index (χ2v) is 10.2. The molecule has 6 atom stereocenters. The lowest BCUT2D eigenvalue weighted by atomic mass is 10.0. The number of carbonyl (C=O) groups excluding carboxylic acids is 1. The largest absolute Gasteiger partial charge is 0.470 e. The van der Waals surface area contributed by atoms with Crippen molar-refractivity contribution in [1.29, 1.82) is 0 Å². The van der Waals surface area contributed by atoms with Crippen LogP contribution in [-0.4, -0.2) is 64.8 Å². The van der Waals surface area contributed by atoms with Crippen LogP contribution in [0.5, 0.6) is 5.88 Å². The number of pyridine rings is 1. The molecule has 3 N–H and O–H groups in total. The molecule has 1 unspecified atom stereocenters. The van der Waals surface area contributed by atoms with Gasteiger partial charge >= 0.3 is 0 Å². The zero-order chi connectivity index (χ0) is 26.7. The lowest BCUT2D eigenvalue weighted by molar-refractivity contribution is -0.117. The third kappa shape index (κ3) is 4.54. The molecular weight excluding hydrogens is 508 g/mol. The number of hydrogen-bond acceptors (Lipinski definition) is 6. The maximum atomic E-state index is 15.0. The van der Waals surface area contributed by atoms with E-state index in [4.69, 9.17) is 14.2 Å². The minimum atomic E-state index is -1.03. The average molecular weight is 534 g/mol. The zero-order valence-electron chi connectivity index (χ0n) is 20.6. The number of aromatic amines is 1. The van der Waals surface area contributed by atoms with E-state index in [1.807, 2.05) is 24.3 Å². The van der Waals surface area contributed by atoms with Crippen LogP contribution in [0, 0.1) is 11.7 Å². The third-order valence-corrected chi connectivity index (χ3v) is 7.48. The summed E-state index contributed by atoms with van der Waals surface area (Å²) in [6.45, 7) is 0.501. The van der Waals surface area contributed by atoms with Crippen LogP contribution in [0.25, 0.3) is 33.4 Å². The molecule has 2 aromatic heterocycles. The Morgan fingerprint density at radius 1 is 1.00 bits per heavy atom. The molecule has 200 valence electrons. The first kappa shape index (κ1) is 24.2. The number of ether oxygens (including phenoxy) is 3. The number of nitrogens with one attached hydrogen (secondary N) is 2. The van der Waals surface area contributed by atoms with Gasteiger partial charge in [0.05, 0.1) is 30.2 Å². The van der Waals surface area contributed by atoms with Gasteiger partial charge in [-0.2, -0.15) is 0 Å². The average Bonchev–Trinajstić information content (AvgIpc) is 3.22. The number of alkyl halides is 1. The molecule has 4 aromatic rings. The van der Waals surface area contributed by atoms with Crippen molar-refractivity contribution in [1.82, 2.24) is 9.97 Å². The molecule has 10 heteroatoms. The highest BCUT2D eigenvalue weighted by molar-refractivity contribution is 5.95. The second-order valence-electron chi connectivity index (χ2n) is 10.2. The van der Waals surface area contributed by atoms with Gasteiger partial charge in [-0.25, -0.2) is 13.8 Å². The van der Waals surface area contributed by atoms with Gasteiger partial charge in [-0.05, 0) is 29.7 Å². The molecule has 2 aliphatic heterocycles. The number of aliphatic hydroxyl groups excluding tert-OH is 1. The fourth-order valence-electron chi connectivity index (χ4n) is 5.22. The normalized spacial score (nSPS) is 27.5. The molecule has 8 nitrogen and oxygen atoms in total. The Hall–Kier alpha value is -3.86. The molecule has 1 saturated carbocycles. The van der Waals surface area contributed by atoms with Crippen molar-refractivity contribution >= 4 is 22.6 Å². The van der Waals surface area contributed by atoms with Crippen LogP contribution < -0.4 is 10.1 Å². The summed E-state index contributed by atoms with van der Waals surface area (Å²) in [6.07, 6.45) is -2.55. The van der Waals surface area contributed by atoms with Gasteiger partial charge in [0.15, 0.2) is 17.8 Å². The highest BCUT2D eigenvalue weighted by Gasteiger charge is 2.48.